The van der Waals surface area contributed by atoms with E-state index >= 15 is 0 Å². The maximum atomic E-state index is 12.0. The smallest absolute Gasteiger partial charge is 0.414 e. The predicted molar refractivity (Wildman–Crippen MR) is 121 cm³/mol. The summed E-state index contributed by atoms with van der Waals surface area (Å²) in [6, 6.07) is 7.53. The molecule has 9 heteroatoms. The van der Waals surface area contributed by atoms with Crippen molar-refractivity contribution in [3.63, 3.8) is 0 Å². The van der Waals surface area contributed by atoms with Gasteiger partial charge < -0.3 is 24.6 Å². The Hall–Kier alpha value is -2.81. The van der Waals surface area contributed by atoms with Gasteiger partial charge in [-0.25, -0.2) is 14.4 Å². The molecule has 1 amide bonds. The summed E-state index contributed by atoms with van der Waals surface area (Å²) in [5.74, 6) is -2.94. The lowest BCUT2D eigenvalue weighted by molar-refractivity contribution is -0.159. The number of para-hydroxylation sites is 2. The van der Waals surface area contributed by atoms with Gasteiger partial charge in [-0.3, -0.25) is 5.32 Å². The van der Waals surface area contributed by atoms with Gasteiger partial charge in [-0.2, -0.15) is 0 Å². The van der Waals surface area contributed by atoms with E-state index in [-0.39, 0.29) is 0 Å². The van der Waals surface area contributed by atoms with Gasteiger partial charge in [0.2, 0.25) is 0 Å². The first-order valence-corrected chi connectivity index (χ1v) is 11.3. The Labute approximate surface area is 189 Å². The van der Waals surface area contributed by atoms with Crippen LogP contribution < -0.4 is 10.1 Å². The van der Waals surface area contributed by atoms with Crippen molar-refractivity contribution in [2.45, 2.75) is 58.3 Å². The summed E-state index contributed by atoms with van der Waals surface area (Å²) in [6.45, 7) is 6.69. The van der Waals surface area contributed by atoms with Crippen molar-refractivity contribution < 1.29 is 34.1 Å². The Morgan fingerprint density at radius 1 is 0.938 bits per heavy atom. The Morgan fingerprint density at radius 2 is 1.59 bits per heavy atom. The quantitative estimate of drug-likeness (QED) is 0.318. The molecule has 3 N–H and O–H groups in total. The number of carboxylic acids is 2. The lowest BCUT2D eigenvalue weighted by Crippen LogP contribution is -2.23. The van der Waals surface area contributed by atoms with E-state index in [0.717, 1.165) is 19.4 Å². The van der Waals surface area contributed by atoms with Crippen LogP contribution in [0.15, 0.2) is 24.3 Å². The molecule has 32 heavy (non-hydrogen) atoms. The monoisotopic (exact) mass is 452 g/mol. The minimum Gasteiger partial charge on any atom is -0.491 e. The number of hydrogen-bond acceptors (Lipinski definition) is 6. The number of hydrogen-bond donors (Lipinski definition) is 3. The first-order valence-electron chi connectivity index (χ1n) is 11.3. The molecule has 0 aromatic heterocycles. The molecule has 0 unspecified atom stereocenters. The predicted octanol–water partition coefficient (Wildman–Crippen LogP) is 4.23. The fraction of sp³-hybridized carbons (Fsp3) is 0.609. The fourth-order valence-electron chi connectivity index (χ4n) is 3.19. The van der Waals surface area contributed by atoms with Crippen LogP contribution in [0.25, 0.3) is 0 Å². The van der Waals surface area contributed by atoms with E-state index in [9.17, 15) is 4.79 Å². The molecule has 1 fully saturated rings. The van der Waals surface area contributed by atoms with Gasteiger partial charge in [0.05, 0.1) is 18.9 Å². The number of benzene rings is 1. The molecule has 1 aromatic carbocycles. The van der Waals surface area contributed by atoms with Gasteiger partial charge in [0.15, 0.2) is 0 Å². The number of anilines is 1. The third-order valence-corrected chi connectivity index (χ3v) is 4.86. The van der Waals surface area contributed by atoms with E-state index in [1.165, 1.54) is 51.6 Å². The minimum atomic E-state index is -1.82. The van der Waals surface area contributed by atoms with Gasteiger partial charge in [-0.15, -0.1) is 0 Å². The second-order valence-electron chi connectivity index (χ2n) is 7.53. The number of amides is 1. The van der Waals surface area contributed by atoms with E-state index in [1.54, 1.807) is 0 Å². The van der Waals surface area contributed by atoms with E-state index < -0.39 is 18.0 Å². The molecule has 180 valence electrons. The summed E-state index contributed by atoms with van der Waals surface area (Å²) >= 11 is 0. The summed E-state index contributed by atoms with van der Waals surface area (Å²) in [7, 11) is 0. The van der Waals surface area contributed by atoms with Crippen molar-refractivity contribution in [3.8, 4) is 5.75 Å². The van der Waals surface area contributed by atoms with Crippen molar-refractivity contribution >= 4 is 23.7 Å². The number of rotatable bonds is 12. The second-order valence-corrected chi connectivity index (χ2v) is 7.53. The van der Waals surface area contributed by atoms with Crippen LogP contribution >= 0.6 is 0 Å². The van der Waals surface area contributed by atoms with Crippen LogP contribution in [0.3, 0.4) is 0 Å². The Balaban J connectivity index is 0.000000751. The number of unbranched alkanes of at least 4 members (excludes halogenated alkanes) is 4. The molecular weight excluding hydrogens is 416 g/mol. The SMILES string of the molecule is CCCCCCCOc1ccccc1NC(=O)OCCCN1CCCC1.O=C(O)C(=O)O. The largest absolute Gasteiger partial charge is 0.491 e. The molecule has 1 aromatic rings. The molecule has 9 nitrogen and oxygen atoms in total. The Bertz CT molecular complexity index is 679. The van der Waals surface area contributed by atoms with Crippen LogP contribution in [-0.4, -0.2) is 66.0 Å². The maximum absolute atomic E-state index is 12.0. The van der Waals surface area contributed by atoms with Crippen LogP contribution in [0.2, 0.25) is 0 Å². The first kappa shape index (κ1) is 27.2. The third kappa shape index (κ3) is 12.8. The molecule has 2 rings (SSSR count). The minimum absolute atomic E-state index is 0.412. The molecule has 0 saturated carbocycles. The van der Waals surface area contributed by atoms with Crippen molar-refractivity contribution in [2.24, 2.45) is 0 Å². The Morgan fingerprint density at radius 3 is 2.25 bits per heavy atom. The van der Waals surface area contributed by atoms with E-state index in [4.69, 9.17) is 29.3 Å². The summed E-state index contributed by atoms with van der Waals surface area (Å²) in [6.07, 6.45) is 9.04. The molecule has 1 saturated heterocycles. The van der Waals surface area contributed by atoms with Gasteiger partial charge in [-0.05, 0) is 50.9 Å². The number of carbonyl (C=O) groups excluding carboxylic acids is 1. The molecule has 0 bridgehead atoms. The highest BCUT2D eigenvalue weighted by molar-refractivity contribution is 6.27. The number of carbonyl (C=O) groups is 3. The molecular formula is C23H36N2O7. The summed E-state index contributed by atoms with van der Waals surface area (Å²) in [4.78, 5) is 32.6. The van der Waals surface area contributed by atoms with Crippen molar-refractivity contribution in [1.82, 2.24) is 4.90 Å². The van der Waals surface area contributed by atoms with E-state index in [1.807, 2.05) is 24.3 Å². The first-order chi connectivity index (χ1) is 15.4. The highest BCUT2D eigenvalue weighted by atomic mass is 16.5. The molecule has 0 atom stereocenters. The molecule has 1 aliphatic heterocycles. The topological polar surface area (TPSA) is 125 Å². The van der Waals surface area contributed by atoms with Crippen LogP contribution in [0.5, 0.6) is 5.75 Å². The zero-order valence-corrected chi connectivity index (χ0v) is 18.9. The van der Waals surface area contributed by atoms with Crippen molar-refractivity contribution in [2.75, 3.05) is 38.2 Å². The van der Waals surface area contributed by atoms with Gasteiger partial charge in [0, 0.05) is 6.54 Å². The van der Waals surface area contributed by atoms with Gasteiger partial charge in [0.1, 0.15) is 5.75 Å². The summed E-state index contributed by atoms with van der Waals surface area (Å²) in [5.41, 5.74) is 0.672. The Kier molecular flexibility index (Phi) is 14.3. The highest BCUT2D eigenvalue weighted by Crippen LogP contribution is 2.24. The second kappa shape index (κ2) is 16.8. The van der Waals surface area contributed by atoms with Gasteiger partial charge in [-0.1, -0.05) is 44.7 Å². The molecule has 0 aliphatic carbocycles. The number of nitrogens with zero attached hydrogens (tertiary/aromatic N) is 1. The molecule has 0 spiro atoms. The number of carboxylic acid groups (broad SMARTS) is 2. The lowest BCUT2D eigenvalue weighted by Gasteiger charge is -2.15. The zero-order valence-electron chi connectivity index (χ0n) is 18.9. The van der Waals surface area contributed by atoms with Gasteiger partial charge in [0.25, 0.3) is 0 Å². The maximum Gasteiger partial charge on any atom is 0.414 e. The number of nitrogens with one attached hydrogen (secondary N) is 1. The van der Waals surface area contributed by atoms with Crippen LogP contribution in [-0.2, 0) is 14.3 Å². The average molecular weight is 453 g/mol. The van der Waals surface area contributed by atoms with E-state index in [2.05, 4.69) is 17.1 Å². The van der Waals surface area contributed by atoms with Crippen LogP contribution in [0.1, 0.15) is 58.3 Å². The third-order valence-electron chi connectivity index (χ3n) is 4.86. The normalized spacial score (nSPS) is 13.0. The molecule has 1 aliphatic rings. The summed E-state index contributed by atoms with van der Waals surface area (Å²) in [5, 5.41) is 17.6. The van der Waals surface area contributed by atoms with Gasteiger partial charge >= 0.3 is 18.0 Å². The average Bonchev–Trinajstić information content (AvgIpc) is 3.29. The standard InChI is InChI=1S/C21H34N2O3.C2H2O4/c1-2-3-4-5-10-17-25-20-13-7-6-12-19(20)22-21(24)26-18-11-16-23-14-8-9-15-23;3-1(4)2(5)6/h6-7,12-13H,2-5,8-11,14-18H2,1H3,(H,22,24);(H,3,4)(H,5,6). The lowest BCUT2D eigenvalue weighted by atomic mass is 10.2. The van der Waals surface area contributed by atoms with Crippen LogP contribution in [0.4, 0.5) is 10.5 Å². The number of ether oxygens (including phenoxy) is 2. The van der Waals surface area contributed by atoms with E-state index in [0.29, 0.717) is 24.7 Å². The van der Waals surface area contributed by atoms with Crippen molar-refractivity contribution in [3.05, 3.63) is 24.3 Å². The highest BCUT2D eigenvalue weighted by Gasteiger charge is 2.12. The number of likely N-dealkylation sites (tertiary alicyclic amines) is 1. The number of aliphatic carboxylic acids is 2. The fourth-order valence-corrected chi connectivity index (χ4v) is 3.19. The van der Waals surface area contributed by atoms with Crippen LogP contribution in [0, 0.1) is 0 Å². The molecule has 1 heterocycles. The summed E-state index contributed by atoms with van der Waals surface area (Å²) < 4.78 is 11.1. The molecule has 0 radical (unpaired) electrons. The van der Waals surface area contributed by atoms with Crippen molar-refractivity contribution in [1.29, 1.82) is 0 Å². The zero-order chi connectivity index (χ0) is 23.6.